The van der Waals surface area contributed by atoms with Crippen LogP contribution in [0.2, 0.25) is 0 Å². The number of nitrogens with one attached hydrogen (secondary N) is 1. The van der Waals surface area contributed by atoms with Gasteiger partial charge < -0.3 is 5.32 Å². The lowest BCUT2D eigenvalue weighted by Gasteiger charge is -2.22. The van der Waals surface area contributed by atoms with Crippen molar-refractivity contribution in [3.8, 4) is 0 Å². The fourth-order valence-electron chi connectivity index (χ4n) is 3.34. The third-order valence-corrected chi connectivity index (χ3v) is 5.96. The summed E-state index contributed by atoms with van der Waals surface area (Å²) in [5, 5.41) is 4.81. The van der Waals surface area contributed by atoms with E-state index in [-0.39, 0.29) is 12.3 Å². The van der Waals surface area contributed by atoms with E-state index in [2.05, 4.69) is 5.32 Å². The molecule has 4 rings (SSSR count). The lowest BCUT2D eigenvalue weighted by atomic mass is 9.90. The molecule has 3 amide bonds. The summed E-state index contributed by atoms with van der Waals surface area (Å²) in [5.41, 5.74) is -0.492. The van der Waals surface area contributed by atoms with E-state index in [1.54, 1.807) is 13.0 Å². The van der Waals surface area contributed by atoms with Gasteiger partial charge in [0.2, 0.25) is 0 Å². The Morgan fingerprint density at radius 3 is 2.52 bits per heavy atom. The molecule has 1 aliphatic heterocycles. The molecule has 3 aromatic rings. The molecule has 2 aromatic carbocycles. The van der Waals surface area contributed by atoms with Crippen molar-refractivity contribution in [1.82, 2.24) is 10.2 Å². The molecule has 0 radical (unpaired) electrons. The van der Waals surface area contributed by atoms with Crippen molar-refractivity contribution < 1.29 is 14.4 Å². The second kappa shape index (κ2) is 6.32. The highest BCUT2D eigenvalue weighted by Gasteiger charge is 2.49. The standard InChI is InChI=1S/C21H18N2O3S/c1-13-7-10-18(27-13)17(24)12-23-19(25)21(2,22-20(23)26)16-9-8-14-5-3-4-6-15(14)11-16/h3-11H,12H2,1-2H3,(H,22,26)/t21-/m0/s1. The van der Waals surface area contributed by atoms with Gasteiger partial charge in [-0.2, -0.15) is 0 Å². The van der Waals surface area contributed by atoms with Gasteiger partial charge in [0.05, 0.1) is 11.4 Å². The molecule has 27 heavy (non-hydrogen) atoms. The average Bonchev–Trinajstić information content (AvgIpc) is 3.19. The number of amides is 3. The van der Waals surface area contributed by atoms with E-state index in [4.69, 9.17) is 0 Å². The smallest absolute Gasteiger partial charge is 0.319 e. The third-order valence-electron chi connectivity index (χ3n) is 4.92. The Labute approximate surface area is 160 Å². The fourth-order valence-corrected chi connectivity index (χ4v) is 4.14. The summed E-state index contributed by atoms with van der Waals surface area (Å²) in [4.78, 5) is 40.5. The van der Waals surface area contributed by atoms with Crippen LogP contribution in [0.1, 0.15) is 27.0 Å². The van der Waals surface area contributed by atoms with Crippen LogP contribution in [0.3, 0.4) is 0 Å². The Balaban J connectivity index is 1.63. The molecule has 1 aliphatic rings. The summed E-state index contributed by atoms with van der Waals surface area (Å²) in [7, 11) is 0. The zero-order valence-corrected chi connectivity index (χ0v) is 15.8. The van der Waals surface area contributed by atoms with Crippen molar-refractivity contribution in [2.45, 2.75) is 19.4 Å². The van der Waals surface area contributed by atoms with Crippen LogP contribution in [0.15, 0.2) is 54.6 Å². The summed E-state index contributed by atoms with van der Waals surface area (Å²) in [6, 6.07) is 16.5. The second-order valence-corrected chi connectivity index (χ2v) is 8.13. The van der Waals surface area contributed by atoms with E-state index < -0.39 is 17.5 Å². The van der Waals surface area contributed by atoms with Crippen molar-refractivity contribution in [3.05, 3.63) is 69.9 Å². The first-order chi connectivity index (χ1) is 12.9. The minimum Gasteiger partial charge on any atom is -0.319 e. The third kappa shape index (κ3) is 2.92. The molecule has 0 bridgehead atoms. The number of thiophene rings is 1. The number of hydrogen-bond donors (Lipinski definition) is 1. The van der Waals surface area contributed by atoms with E-state index in [0.717, 1.165) is 20.5 Å². The summed E-state index contributed by atoms with van der Waals surface area (Å²) < 4.78 is 0. The first-order valence-electron chi connectivity index (χ1n) is 8.61. The molecule has 1 N–H and O–H groups in total. The van der Waals surface area contributed by atoms with Gasteiger partial charge in [-0.05, 0) is 48.4 Å². The van der Waals surface area contributed by atoms with Gasteiger partial charge in [0, 0.05) is 4.88 Å². The zero-order valence-electron chi connectivity index (χ0n) is 15.0. The minimum atomic E-state index is -1.19. The van der Waals surface area contributed by atoms with Gasteiger partial charge in [0.1, 0.15) is 5.54 Å². The monoisotopic (exact) mass is 378 g/mol. The number of aryl methyl sites for hydroxylation is 1. The van der Waals surface area contributed by atoms with E-state index in [0.29, 0.717) is 10.4 Å². The normalized spacial score (nSPS) is 19.6. The van der Waals surface area contributed by atoms with Crippen molar-refractivity contribution >= 4 is 39.8 Å². The highest BCUT2D eigenvalue weighted by atomic mass is 32.1. The highest BCUT2D eigenvalue weighted by Crippen LogP contribution is 2.31. The summed E-state index contributed by atoms with van der Waals surface area (Å²) >= 11 is 1.36. The van der Waals surface area contributed by atoms with Gasteiger partial charge in [-0.25, -0.2) is 4.79 Å². The van der Waals surface area contributed by atoms with Gasteiger partial charge in [-0.15, -0.1) is 11.3 Å². The van der Waals surface area contributed by atoms with Crippen molar-refractivity contribution in [2.24, 2.45) is 0 Å². The predicted molar refractivity (Wildman–Crippen MR) is 105 cm³/mol. The minimum absolute atomic E-state index is 0.237. The number of rotatable bonds is 4. The molecule has 1 atom stereocenters. The van der Waals surface area contributed by atoms with Crippen LogP contribution < -0.4 is 5.32 Å². The lowest BCUT2D eigenvalue weighted by Crippen LogP contribution is -2.41. The molecular weight excluding hydrogens is 360 g/mol. The maximum Gasteiger partial charge on any atom is 0.325 e. The highest BCUT2D eigenvalue weighted by molar-refractivity contribution is 7.14. The zero-order chi connectivity index (χ0) is 19.2. The number of hydrogen-bond acceptors (Lipinski definition) is 4. The molecule has 0 aliphatic carbocycles. The van der Waals surface area contributed by atoms with Crippen LogP contribution >= 0.6 is 11.3 Å². The van der Waals surface area contributed by atoms with E-state index in [1.165, 1.54) is 11.3 Å². The number of carbonyl (C=O) groups is 3. The molecule has 6 heteroatoms. The van der Waals surface area contributed by atoms with Crippen LogP contribution in [0.25, 0.3) is 10.8 Å². The van der Waals surface area contributed by atoms with Crippen LogP contribution in [0.5, 0.6) is 0 Å². The first-order valence-corrected chi connectivity index (χ1v) is 9.43. The summed E-state index contributed by atoms with van der Waals surface area (Å²) in [6.07, 6.45) is 0. The number of ketones is 1. The van der Waals surface area contributed by atoms with Crippen molar-refractivity contribution in [2.75, 3.05) is 6.54 Å². The Morgan fingerprint density at radius 2 is 1.81 bits per heavy atom. The van der Waals surface area contributed by atoms with Crippen LogP contribution in [-0.4, -0.2) is 29.2 Å². The topological polar surface area (TPSA) is 66.5 Å². The Bertz CT molecular complexity index is 1090. The Kier molecular flexibility index (Phi) is 4.08. The van der Waals surface area contributed by atoms with Crippen molar-refractivity contribution in [1.29, 1.82) is 0 Å². The largest absolute Gasteiger partial charge is 0.325 e. The van der Waals surface area contributed by atoms with Gasteiger partial charge >= 0.3 is 6.03 Å². The molecule has 0 spiro atoms. The predicted octanol–water partition coefficient (Wildman–Crippen LogP) is 3.86. The maximum atomic E-state index is 13.0. The molecule has 5 nitrogen and oxygen atoms in total. The number of urea groups is 1. The molecule has 1 saturated heterocycles. The molecule has 0 unspecified atom stereocenters. The summed E-state index contributed by atoms with van der Waals surface area (Å²) in [6.45, 7) is 3.33. The van der Waals surface area contributed by atoms with E-state index in [1.807, 2.05) is 55.5 Å². The van der Waals surface area contributed by atoms with Crippen LogP contribution in [0, 0.1) is 6.92 Å². The number of nitrogens with zero attached hydrogens (tertiary/aromatic N) is 1. The number of imide groups is 1. The summed E-state index contributed by atoms with van der Waals surface area (Å²) in [5.74, 6) is -0.649. The van der Waals surface area contributed by atoms with Gasteiger partial charge in [-0.1, -0.05) is 36.4 Å². The van der Waals surface area contributed by atoms with Gasteiger partial charge in [0.25, 0.3) is 5.91 Å². The second-order valence-electron chi connectivity index (χ2n) is 6.84. The quantitative estimate of drug-likeness (QED) is 0.554. The van der Waals surface area contributed by atoms with Crippen LogP contribution in [-0.2, 0) is 10.3 Å². The number of Topliss-reactive ketones (excluding diaryl/α,β-unsaturated/α-hetero) is 1. The SMILES string of the molecule is Cc1ccc(C(=O)CN2C(=O)N[C@@](C)(c3ccc4ccccc4c3)C2=O)s1. The fraction of sp³-hybridized carbons (Fsp3) is 0.190. The molecule has 1 aromatic heterocycles. The number of fused-ring (bicyclic) bond motifs is 1. The lowest BCUT2D eigenvalue weighted by molar-refractivity contribution is -0.130. The molecule has 1 fully saturated rings. The number of carbonyl (C=O) groups excluding carboxylic acids is 3. The Hall–Kier alpha value is -2.99. The first kappa shape index (κ1) is 17.4. The number of benzene rings is 2. The molecule has 0 saturated carbocycles. The van der Waals surface area contributed by atoms with E-state index in [9.17, 15) is 14.4 Å². The van der Waals surface area contributed by atoms with Gasteiger partial charge in [-0.3, -0.25) is 14.5 Å². The molecule has 136 valence electrons. The van der Waals surface area contributed by atoms with Crippen molar-refractivity contribution in [3.63, 3.8) is 0 Å². The van der Waals surface area contributed by atoms with Crippen LogP contribution in [0.4, 0.5) is 4.79 Å². The maximum absolute atomic E-state index is 13.0. The average molecular weight is 378 g/mol. The Morgan fingerprint density at radius 1 is 1.07 bits per heavy atom. The molecule has 2 heterocycles. The van der Waals surface area contributed by atoms with E-state index >= 15 is 0 Å². The van der Waals surface area contributed by atoms with Gasteiger partial charge in [0.15, 0.2) is 5.78 Å². The molecular formula is C21H18N2O3S.